The summed E-state index contributed by atoms with van der Waals surface area (Å²) in [4.78, 5) is 0. The van der Waals surface area contributed by atoms with Gasteiger partial charge >= 0.3 is 10.4 Å². The van der Waals surface area contributed by atoms with E-state index in [0.29, 0.717) is 19.3 Å². The molecular formula is C27H48O9S. The van der Waals surface area contributed by atoms with Crippen LogP contribution in [0.4, 0.5) is 0 Å². The Morgan fingerprint density at radius 3 is 2.35 bits per heavy atom. The van der Waals surface area contributed by atoms with Crippen LogP contribution in [-0.2, 0) is 14.6 Å². The van der Waals surface area contributed by atoms with E-state index in [1.54, 1.807) is 0 Å². The molecule has 4 fully saturated rings. The summed E-state index contributed by atoms with van der Waals surface area (Å²) in [6, 6.07) is 0. The molecule has 0 radical (unpaired) electrons. The highest BCUT2D eigenvalue weighted by Gasteiger charge is 2.65. The lowest BCUT2D eigenvalue weighted by atomic mass is 9.43. The van der Waals surface area contributed by atoms with Crippen molar-refractivity contribution in [1.29, 1.82) is 0 Å². The van der Waals surface area contributed by atoms with Crippen molar-refractivity contribution >= 4 is 10.4 Å². The lowest BCUT2D eigenvalue weighted by Crippen LogP contribution is -2.62. The summed E-state index contributed by atoms with van der Waals surface area (Å²) in [7, 11) is -4.65. The molecule has 0 aromatic carbocycles. The molecule has 9 nitrogen and oxygen atoms in total. The molecule has 10 heteroatoms. The molecule has 0 aliphatic heterocycles. The lowest BCUT2D eigenvalue weighted by molar-refractivity contribution is -0.207. The van der Waals surface area contributed by atoms with Gasteiger partial charge in [-0.3, -0.25) is 4.55 Å². The molecule has 4 aliphatic carbocycles. The van der Waals surface area contributed by atoms with Gasteiger partial charge in [0.1, 0.15) is 0 Å². The summed E-state index contributed by atoms with van der Waals surface area (Å²) < 4.78 is 34.9. The summed E-state index contributed by atoms with van der Waals surface area (Å²) >= 11 is 0. The van der Waals surface area contributed by atoms with Gasteiger partial charge in [0, 0.05) is 5.92 Å². The molecule has 0 saturated heterocycles. The van der Waals surface area contributed by atoms with Crippen molar-refractivity contribution in [3.63, 3.8) is 0 Å². The predicted molar refractivity (Wildman–Crippen MR) is 136 cm³/mol. The van der Waals surface area contributed by atoms with Crippen LogP contribution in [0.15, 0.2) is 0 Å². The lowest BCUT2D eigenvalue weighted by Gasteiger charge is -2.63. The van der Waals surface area contributed by atoms with E-state index in [-0.39, 0.29) is 52.4 Å². The molecule has 0 heterocycles. The summed E-state index contributed by atoms with van der Waals surface area (Å²) in [5, 5.41) is 53.5. The van der Waals surface area contributed by atoms with Gasteiger partial charge in [0.05, 0.1) is 37.6 Å². The van der Waals surface area contributed by atoms with Gasteiger partial charge in [-0.25, -0.2) is 4.18 Å². The van der Waals surface area contributed by atoms with Crippen molar-refractivity contribution in [1.82, 2.24) is 0 Å². The van der Waals surface area contributed by atoms with Crippen LogP contribution >= 0.6 is 0 Å². The van der Waals surface area contributed by atoms with Crippen LogP contribution in [0.2, 0.25) is 0 Å². The number of hydrogen-bond acceptors (Lipinski definition) is 8. The van der Waals surface area contributed by atoms with Crippen molar-refractivity contribution < 1.29 is 42.7 Å². The maximum Gasteiger partial charge on any atom is 0.397 e. The molecule has 0 aromatic rings. The average molecular weight is 549 g/mol. The molecule has 6 N–H and O–H groups in total. The summed E-state index contributed by atoms with van der Waals surface area (Å²) in [6.45, 7) is 5.67. The molecule has 13 atom stereocenters. The van der Waals surface area contributed by atoms with Crippen LogP contribution < -0.4 is 0 Å². The van der Waals surface area contributed by atoms with Gasteiger partial charge in [0.2, 0.25) is 0 Å². The second-order valence-corrected chi connectivity index (χ2v) is 14.4. The predicted octanol–water partition coefficient (Wildman–Crippen LogP) is 2.15. The van der Waals surface area contributed by atoms with E-state index in [1.165, 1.54) is 0 Å². The van der Waals surface area contributed by atoms with Gasteiger partial charge in [-0.05, 0) is 104 Å². The Morgan fingerprint density at radius 1 is 1.00 bits per heavy atom. The standard InChI is InChI=1S/C27H48O9S/c1-15(4-7-22(30)16(13-28)14-36-37(33,34)35)19-5-6-20-25-21(12-24(32)27(19,20)3)26(2)9-8-18(29)10-17(26)11-23(25)31/h15-25,28-32H,4-14H2,1-3H3,(H,33,34,35)/t15-,16?,17+,18-,19-,20+,21?,22-,23-,24+,25+,26+,27-/m1/s1. The molecule has 216 valence electrons. The SMILES string of the molecule is C[C@H](CC[C@@H](O)C(CO)COS(=O)(=O)O)[C@H]1CC[C@H]2[C@H]3C(C[C@H](O)[C@]12C)[C@@]1(C)CC[C@@H](O)C[C@H]1C[C@H]3O. The van der Waals surface area contributed by atoms with Gasteiger partial charge in [0.15, 0.2) is 0 Å². The highest BCUT2D eigenvalue weighted by molar-refractivity contribution is 7.80. The normalized spacial score (nSPS) is 46.4. The monoisotopic (exact) mass is 548 g/mol. The van der Waals surface area contributed by atoms with E-state index < -0.39 is 47.8 Å². The fourth-order valence-corrected chi connectivity index (χ4v) is 9.81. The van der Waals surface area contributed by atoms with E-state index in [4.69, 9.17) is 4.55 Å². The first-order valence-corrected chi connectivity index (χ1v) is 15.5. The highest BCUT2D eigenvalue weighted by Crippen LogP contribution is 2.68. The van der Waals surface area contributed by atoms with Gasteiger partial charge in [-0.15, -0.1) is 0 Å². The second kappa shape index (κ2) is 10.9. The molecule has 0 bridgehead atoms. The first-order valence-electron chi connectivity index (χ1n) is 14.2. The first kappa shape index (κ1) is 29.6. The zero-order valence-corrected chi connectivity index (χ0v) is 23.3. The van der Waals surface area contributed by atoms with Crippen LogP contribution in [0.25, 0.3) is 0 Å². The van der Waals surface area contributed by atoms with Crippen molar-refractivity contribution in [3.8, 4) is 0 Å². The average Bonchev–Trinajstić information content (AvgIpc) is 3.17. The van der Waals surface area contributed by atoms with Crippen LogP contribution in [0.5, 0.6) is 0 Å². The van der Waals surface area contributed by atoms with Crippen LogP contribution in [0.3, 0.4) is 0 Å². The smallest absolute Gasteiger partial charge is 0.396 e. The van der Waals surface area contributed by atoms with Crippen LogP contribution in [0.1, 0.15) is 78.6 Å². The fourth-order valence-electron chi connectivity index (χ4n) is 9.46. The third kappa shape index (κ3) is 5.51. The quantitative estimate of drug-likeness (QED) is 0.237. The largest absolute Gasteiger partial charge is 0.397 e. The number of hydrogen-bond donors (Lipinski definition) is 6. The number of aliphatic hydroxyl groups is 5. The molecule has 4 saturated carbocycles. The van der Waals surface area contributed by atoms with Gasteiger partial charge in [0.25, 0.3) is 0 Å². The Labute approximate surface area is 221 Å². The molecule has 37 heavy (non-hydrogen) atoms. The summed E-state index contributed by atoms with van der Waals surface area (Å²) in [6.07, 6.45) is 4.54. The van der Waals surface area contributed by atoms with E-state index in [1.807, 2.05) is 0 Å². The zero-order chi connectivity index (χ0) is 27.3. The molecule has 2 unspecified atom stereocenters. The Balaban J connectivity index is 1.45. The third-order valence-corrected chi connectivity index (χ3v) is 12.1. The Morgan fingerprint density at radius 2 is 1.70 bits per heavy atom. The Bertz CT molecular complexity index is 898. The Kier molecular flexibility index (Phi) is 8.75. The molecule has 0 aromatic heterocycles. The third-order valence-electron chi connectivity index (χ3n) is 11.6. The molecule has 4 rings (SSSR count). The summed E-state index contributed by atoms with van der Waals surface area (Å²) in [5.74, 6) is 0.439. The van der Waals surface area contributed by atoms with Crippen molar-refractivity contribution in [2.45, 2.75) is 103 Å². The van der Waals surface area contributed by atoms with E-state index in [2.05, 4.69) is 25.0 Å². The number of rotatable bonds is 9. The first-order chi connectivity index (χ1) is 17.2. The minimum absolute atomic E-state index is 0.0304. The van der Waals surface area contributed by atoms with Gasteiger partial charge in [-0.1, -0.05) is 20.8 Å². The Hall–Kier alpha value is -0.330. The number of aliphatic hydroxyl groups excluding tert-OH is 5. The van der Waals surface area contributed by atoms with Gasteiger partial charge in [-0.2, -0.15) is 8.42 Å². The molecule has 0 amide bonds. The van der Waals surface area contributed by atoms with E-state index in [9.17, 15) is 34.0 Å². The zero-order valence-electron chi connectivity index (χ0n) is 22.4. The maximum atomic E-state index is 11.7. The summed E-state index contributed by atoms with van der Waals surface area (Å²) in [5.41, 5.74) is -0.309. The maximum absolute atomic E-state index is 11.7. The van der Waals surface area contributed by atoms with Crippen LogP contribution in [0, 0.1) is 52.3 Å². The fraction of sp³-hybridized carbons (Fsp3) is 1.00. The highest BCUT2D eigenvalue weighted by atomic mass is 32.3. The van der Waals surface area contributed by atoms with Crippen molar-refractivity contribution in [2.24, 2.45) is 52.3 Å². The van der Waals surface area contributed by atoms with Crippen molar-refractivity contribution in [2.75, 3.05) is 13.2 Å². The molecular weight excluding hydrogens is 500 g/mol. The topological polar surface area (TPSA) is 165 Å². The van der Waals surface area contributed by atoms with Gasteiger partial charge < -0.3 is 25.5 Å². The van der Waals surface area contributed by atoms with E-state index >= 15 is 0 Å². The second-order valence-electron chi connectivity index (χ2n) is 13.3. The van der Waals surface area contributed by atoms with E-state index in [0.717, 1.165) is 38.5 Å². The minimum Gasteiger partial charge on any atom is -0.396 e. The molecule has 4 aliphatic rings. The number of fused-ring (bicyclic) bond motifs is 5. The van der Waals surface area contributed by atoms with Crippen LogP contribution in [-0.4, -0.2) is 76.1 Å². The molecule has 0 spiro atoms. The minimum atomic E-state index is -4.65. The van der Waals surface area contributed by atoms with Crippen molar-refractivity contribution in [3.05, 3.63) is 0 Å².